The highest BCUT2D eigenvalue weighted by atomic mass is 35.5. The van der Waals surface area contributed by atoms with E-state index < -0.39 is 5.60 Å². The summed E-state index contributed by atoms with van der Waals surface area (Å²) in [6.45, 7) is 5.58. The van der Waals surface area contributed by atoms with Crippen molar-refractivity contribution in [2.45, 2.75) is 45.1 Å². The molecule has 0 unspecified atom stereocenters. The topological polar surface area (TPSA) is 49.8 Å². The second-order valence-electron chi connectivity index (χ2n) is 6.24. The summed E-state index contributed by atoms with van der Waals surface area (Å²) in [5, 5.41) is 10.6. The summed E-state index contributed by atoms with van der Waals surface area (Å²) < 4.78 is 5.69. The van der Waals surface area contributed by atoms with Crippen LogP contribution in [0.2, 0.25) is 5.02 Å². The van der Waals surface area contributed by atoms with Gasteiger partial charge in [0, 0.05) is 24.5 Å². The Morgan fingerprint density at radius 3 is 2.73 bits per heavy atom. The van der Waals surface area contributed by atoms with Crippen molar-refractivity contribution < 1.29 is 14.6 Å². The normalized spacial score (nSPS) is 17.4. The van der Waals surface area contributed by atoms with E-state index in [1.165, 1.54) is 0 Å². The molecule has 122 valence electrons. The van der Waals surface area contributed by atoms with E-state index in [1.54, 1.807) is 6.07 Å². The zero-order chi connectivity index (χ0) is 16.2. The van der Waals surface area contributed by atoms with E-state index in [1.807, 2.05) is 30.9 Å². The van der Waals surface area contributed by atoms with Crippen molar-refractivity contribution in [3.05, 3.63) is 28.8 Å². The van der Waals surface area contributed by atoms with Gasteiger partial charge in [0.2, 0.25) is 5.91 Å². The van der Waals surface area contributed by atoms with Gasteiger partial charge in [-0.25, -0.2) is 0 Å². The summed E-state index contributed by atoms with van der Waals surface area (Å²) in [4.78, 5) is 13.9. The SMILES string of the molecule is Cc1cc(Cl)ccc1OCCCC(=O)N1CCC(C)(O)CC1. The summed E-state index contributed by atoms with van der Waals surface area (Å²) in [7, 11) is 0. The Hall–Kier alpha value is -1.26. The van der Waals surface area contributed by atoms with Gasteiger partial charge in [0.25, 0.3) is 0 Å². The van der Waals surface area contributed by atoms with Crippen molar-refractivity contribution in [3.63, 3.8) is 0 Å². The Morgan fingerprint density at radius 1 is 1.41 bits per heavy atom. The van der Waals surface area contributed by atoms with Gasteiger partial charge in [-0.15, -0.1) is 0 Å². The third kappa shape index (κ3) is 4.89. The zero-order valence-corrected chi connectivity index (χ0v) is 14.0. The number of ether oxygens (including phenoxy) is 1. The van der Waals surface area contributed by atoms with Crippen molar-refractivity contribution in [3.8, 4) is 5.75 Å². The van der Waals surface area contributed by atoms with E-state index in [4.69, 9.17) is 16.3 Å². The Bertz CT molecular complexity index is 521. The summed E-state index contributed by atoms with van der Waals surface area (Å²) in [6, 6.07) is 5.52. The fraction of sp³-hybridized carbons (Fsp3) is 0.588. The molecule has 4 nitrogen and oxygen atoms in total. The van der Waals surface area contributed by atoms with Crippen LogP contribution in [0.25, 0.3) is 0 Å². The first-order valence-corrected chi connectivity index (χ1v) is 8.14. The summed E-state index contributed by atoms with van der Waals surface area (Å²) in [5.74, 6) is 0.956. The monoisotopic (exact) mass is 325 g/mol. The number of amides is 1. The Labute approximate surface area is 137 Å². The van der Waals surface area contributed by atoms with Gasteiger partial charge in [-0.1, -0.05) is 11.6 Å². The van der Waals surface area contributed by atoms with Crippen LogP contribution in [0.5, 0.6) is 5.75 Å². The number of halogens is 1. The molecule has 1 fully saturated rings. The van der Waals surface area contributed by atoms with Crippen LogP contribution in [-0.2, 0) is 4.79 Å². The number of carbonyl (C=O) groups is 1. The van der Waals surface area contributed by atoms with Crippen molar-refractivity contribution in [2.24, 2.45) is 0 Å². The number of aliphatic hydroxyl groups is 1. The molecule has 5 heteroatoms. The number of hydrogen-bond acceptors (Lipinski definition) is 3. The van der Waals surface area contributed by atoms with E-state index in [0.717, 1.165) is 11.3 Å². The predicted molar refractivity (Wildman–Crippen MR) is 87.4 cm³/mol. The number of aryl methyl sites for hydroxylation is 1. The molecule has 0 bridgehead atoms. The summed E-state index contributed by atoms with van der Waals surface area (Å²) in [6.07, 6.45) is 2.47. The molecule has 2 rings (SSSR count). The Kier molecular flexibility index (Phi) is 5.70. The van der Waals surface area contributed by atoms with E-state index in [9.17, 15) is 9.90 Å². The number of benzene rings is 1. The van der Waals surface area contributed by atoms with Crippen molar-refractivity contribution in [1.82, 2.24) is 4.90 Å². The van der Waals surface area contributed by atoms with Gasteiger partial charge in [0.1, 0.15) is 5.75 Å². The quantitative estimate of drug-likeness (QED) is 0.846. The fourth-order valence-electron chi connectivity index (χ4n) is 2.58. The van der Waals surface area contributed by atoms with Gasteiger partial charge in [-0.05, 0) is 56.9 Å². The molecule has 1 N–H and O–H groups in total. The van der Waals surface area contributed by atoms with E-state index in [-0.39, 0.29) is 5.91 Å². The van der Waals surface area contributed by atoms with Crippen LogP contribution in [0, 0.1) is 6.92 Å². The lowest BCUT2D eigenvalue weighted by Crippen LogP contribution is -2.45. The van der Waals surface area contributed by atoms with Gasteiger partial charge in [-0.3, -0.25) is 4.79 Å². The minimum absolute atomic E-state index is 0.145. The number of hydrogen-bond donors (Lipinski definition) is 1. The molecular weight excluding hydrogens is 302 g/mol. The molecule has 0 saturated carbocycles. The Balaban J connectivity index is 1.69. The number of likely N-dealkylation sites (tertiary alicyclic amines) is 1. The van der Waals surface area contributed by atoms with Crippen molar-refractivity contribution >= 4 is 17.5 Å². The first-order chi connectivity index (χ1) is 10.4. The molecule has 1 aromatic rings. The molecule has 1 heterocycles. The molecule has 0 aliphatic carbocycles. The molecular formula is C17H24ClNO3. The highest BCUT2D eigenvalue weighted by Gasteiger charge is 2.29. The molecule has 22 heavy (non-hydrogen) atoms. The van der Waals surface area contributed by atoms with E-state index >= 15 is 0 Å². The summed E-state index contributed by atoms with van der Waals surface area (Å²) >= 11 is 5.90. The van der Waals surface area contributed by atoms with Crippen LogP contribution in [0.1, 0.15) is 38.2 Å². The zero-order valence-electron chi connectivity index (χ0n) is 13.3. The maximum absolute atomic E-state index is 12.1. The molecule has 1 aliphatic rings. The second-order valence-corrected chi connectivity index (χ2v) is 6.68. The molecule has 1 amide bonds. The van der Waals surface area contributed by atoms with Crippen LogP contribution >= 0.6 is 11.6 Å². The highest BCUT2D eigenvalue weighted by Crippen LogP contribution is 2.23. The minimum Gasteiger partial charge on any atom is -0.493 e. The van der Waals surface area contributed by atoms with Crippen LogP contribution in [-0.4, -0.2) is 41.2 Å². The molecule has 1 saturated heterocycles. The van der Waals surface area contributed by atoms with Crippen LogP contribution in [0.15, 0.2) is 18.2 Å². The van der Waals surface area contributed by atoms with Gasteiger partial charge in [-0.2, -0.15) is 0 Å². The average molecular weight is 326 g/mol. The molecule has 0 aromatic heterocycles. The highest BCUT2D eigenvalue weighted by molar-refractivity contribution is 6.30. The second kappa shape index (κ2) is 7.34. The smallest absolute Gasteiger partial charge is 0.222 e. The lowest BCUT2D eigenvalue weighted by molar-refractivity contribution is -0.135. The predicted octanol–water partition coefficient (Wildman–Crippen LogP) is 3.18. The molecule has 0 atom stereocenters. The third-order valence-electron chi connectivity index (χ3n) is 4.12. The molecule has 0 radical (unpaired) electrons. The lowest BCUT2D eigenvalue weighted by Gasteiger charge is -2.35. The average Bonchev–Trinajstić information content (AvgIpc) is 2.45. The van der Waals surface area contributed by atoms with E-state index in [0.29, 0.717) is 50.4 Å². The van der Waals surface area contributed by atoms with Crippen LogP contribution in [0.3, 0.4) is 0 Å². The number of piperidine rings is 1. The maximum atomic E-state index is 12.1. The van der Waals surface area contributed by atoms with Crippen LogP contribution in [0.4, 0.5) is 0 Å². The Morgan fingerprint density at radius 2 is 2.09 bits per heavy atom. The fourth-order valence-corrected chi connectivity index (χ4v) is 2.80. The first kappa shape index (κ1) is 17.1. The van der Waals surface area contributed by atoms with Crippen molar-refractivity contribution in [1.29, 1.82) is 0 Å². The van der Waals surface area contributed by atoms with Gasteiger partial charge >= 0.3 is 0 Å². The number of nitrogens with zero attached hydrogens (tertiary/aromatic N) is 1. The summed E-state index contributed by atoms with van der Waals surface area (Å²) in [5.41, 5.74) is 0.378. The molecule has 1 aromatic carbocycles. The standard InChI is InChI=1S/C17H24ClNO3/c1-13-12-14(18)5-6-15(13)22-11-3-4-16(20)19-9-7-17(2,21)8-10-19/h5-6,12,21H,3-4,7-11H2,1-2H3. The number of carbonyl (C=O) groups excluding carboxylic acids is 1. The van der Waals surface area contributed by atoms with Crippen molar-refractivity contribution in [2.75, 3.05) is 19.7 Å². The van der Waals surface area contributed by atoms with Gasteiger partial charge in [0.15, 0.2) is 0 Å². The first-order valence-electron chi connectivity index (χ1n) is 7.76. The minimum atomic E-state index is -0.619. The van der Waals surface area contributed by atoms with E-state index in [2.05, 4.69) is 0 Å². The third-order valence-corrected chi connectivity index (χ3v) is 4.36. The number of rotatable bonds is 5. The van der Waals surface area contributed by atoms with Gasteiger partial charge in [0.05, 0.1) is 12.2 Å². The van der Waals surface area contributed by atoms with Gasteiger partial charge < -0.3 is 14.7 Å². The lowest BCUT2D eigenvalue weighted by atomic mass is 9.93. The largest absolute Gasteiger partial charge is 0.493 e. The molecule has 1 aliphatic heterocycles. The molecule has 0 spiro atoms. The van der Waals surface area contributed by atoms with Crippen LogP contribution < -0.4 is 4.74 Å². The maximum Gasteiger partial charge on any atom is 0.222 e.